The molecule has 8 nitrogen and oxygen atoms in total. The highest BCUT2D eigenvalue weighted by Crippen LogP contribution is 2.25. The predicted molar refractivity (Wildman–Crippen MR) is 134 cm³/mol. The number of thioether (sulfide) groups is 2. The van der Waals surface area contributed by atoms with Crippen molar-refractivity contribution in [2.45, 2.75) is 50.3 Å². The summed E-state index contributed by atoms with van der Waals surface area (Å²) in [7, 11) is 0. The van der Waals surface area contributed by atoms with Crippen LogP contribution in [0.2, 0.25) is 0 Å². The Kier molecular flexibility index (Phi) is 7.69. The normalized spacial score (nSPS) is 11.1. The van der Waals surface area contributed by atoms with Gasteiger partial charge < -0.3 is 9.73 Å². The first kappa shape index (κ1) is 24.0. The number of hydrogen-bond donors (Lipinski definition) is 1. The molecule has 3 heterocycles. The Labute approximate surface area is 207 Å². The van der Waals surface area contributed by atoms with Crippen LogP contribution in [0.4, 0.5) is 5.69 Å². The van der Waals surface area contributed by atoms with E-state index in [1.54, 1.807) is 6.26 Å². The number of amides is 1. The van der Waals surface area contributed by atoms with E-state index in [2.05, 4.69) is 25.5 Å². The highest BCUT2D eigenvalue weighted by atomic mass is 32.2. The summed E-state index contributed by atoms with van der Waals surface area (Å²) >= 11 is 2.86. The van der Waals surface area contributed by atoms with E-state index in [-0.39, 0.29) is 11.7 Å². The summed E-state index contributed by atoms with van der Waals surface area (Å²) in [5, 5.41) is 13.1. The predicted octanol–water partition coefficient (Wildman–Crippen LogP) is 4.97. The fourth-order valence-corrected chi connectivity index (χ4v) is 4.99. The lowest BCUT2D eigenvalue weighted by Gasteiger charge is -2.11. The highest BCUT2D eigenvalue weighted by Gasteiger charge is 2.17. The summed E-state index contributed by atoms with van der Waals surface area (Å²) in [5.41, 5.74) is 4.89. The van der Waals surface area contributed by atoms with Crippen LogP contribution in [0.1, 0.15) is 34.1 Å². The van der Waals surface area contributed by atoms with Crippen molar-refractivity contribution in [1.29, 1.82) is 0 Å². The van der Waals surface area contributed by atoms with Crippen molar-refractivity contribution < 1.29 is 9.21 Å². The Hall–Kier alpha value is -3.11. The maximum absolute atomic E-state index is 12.6. The van der Waals surface area contributed by atoms with Crippen molar-refractivity contribution in [3.8, 4) is 0 Å². The zero-order chi connectivity index (χ0) is 24.1. The number of nitrogens with zero attached hydrogens (tertiary/aromatic N) is 5. The summed E-state index contributed by atoms with van der Waals surface area (Å²) in [4.78, 5) is 21.6. The van der Waals surface area contributed by atoms with E-state index in [0.29, 0.717) is 22.6 Å². The standard InChI is InChI=1S/C24H26N6O2S2/c1-15-7-5-9-20(18(15)4)27-22(31)14-34-24-29-28-21(30(24)12-19-8-6-10-32-19)13-33-23-25-16(2)11-17(3)26-23/h5-11H,12-14H2,1-4H3,(H,27,31). The number of benzene rings is 1. The molecule has 0 saturated heterocycles. The molecule has 10 heteroatoms. The molecule has 1 N–H and O–H groups in total. The quantitative estimate of drug-likeness (QED) is 0.257. The first-order valence-corrected chi connectivity index (χ1v) is 12.7. The monoisotopic (exact) mass is 494 g/mol. The average molecular weight is 495 g/mol. The maximum Gasteiger partial charge on any atom is 0.234 e. The van der Waals surface area contributed by atoms with Crippen LogP contribution in [-0.4, -0.2) is 36.4 Å². The molecule has 4 rings (SSSR count). The molecular weight excluding hydrogens is 468 g/mol. The minimum Gasteiger partial charge on any atom is -0.467 e. The van der Waals surface area contributed by atoms with Gasteiger partial charge in [0.15, 0.2) is 10.3 Å². The molecule has 0 unspecified atom stereocenters. The van der Waals surface area contributed by atoms with E-state index in [0.717, 1.165) is 39.8 Å². The summed E-state index contributed by atoms with van der Waals surface area (Å²) in [5.74, 6) is 2.23. The molecule has 0 bridgehead atoms. The number of furan rings is 1. The summed E-state index contributed by atoms with van der Waals surface area (Å²) < 4.78 is 7.52. The molecule has 0 spiro atoms. The van der Waals surface area contributed by atoms with Crippen LogP contribution >= 0.6 is 23.5 Å². The molecule has 0 fully saturated rings. The van der Waals surface area contributed by atoms with E-state index >= 15 is 0 Å². The van der Waals surface area contributed by atoms with Crippen LogP contribution in [0, 0.1) is 27.7 Å². The zero-order valence-corrected chi connectivity index (χ0v) is 21.2. The molecule has 176 valence electrons. The molecule has 0 saturated carbocycles. The maximum atomic E-state index is 12.6. The Morgan fingerprint density at radius 1 is 1.03 bits per heavy atom. The van der Waals surface area contributed by atoms with Gasteiger partial charge in [-0.2, -0.15) is 0 Å². The largest absolute Gasteiger partial charge is 0.467 e. The van der Waals surface area contributed by atoms with Crippen LogP contribution in [-0.2, 0) is 17.1 Å². The summed E-state index contributed by atoms with van der Waals surface area (Å²) in [6, 6.07) is 11.6. The van der Waals surface area contributed by atoms with Crippen molar-refractivity contribution in [2.24, 2.45) is 0 Å². The second-order valence-electron chi connectivity index (χ2n) is 7.87. The number of aromatic nitrogens is 5. The molecule has 1 aromatic carbocycles. The topological polar surface area (TPSA) is 98.7 Å². The third-order valence-electron chi connectivity index (χ3n) is 5.19. The third kappa shape index (κ3) is 6.06. The average Bonchev–Trinajstić information content (AvgIpc) is 3.44. The zero-order valence-electron chi connectivity index (χ0n) is 19.5. The lowest BCUT2D eigenvalue weighted by molar-refractivity contribution is -0.113. The number of nitrogens with one attached hydrogen (secondary N) is 1. The lowest BCUT2D eigenvalue weighted by atomic mass is 10.1. The van der Waals surface area contributed by atoms with Crippen molar-refractivity contribution in [3.05, 3.63) is 76.8 Å². The second-order valence-corrected chi connectivity index (χ2v) is 9.76. The van der Waals surface area contributed by atoms with Gasteiger partial charge in [-0.1, -0.05) is 35.7 Å². The van der Waals surface area contributed by atoms with Gasteiger partial charge in [0.25, 0.3) is 0 Å². The fraction of sp³-hybridized carbons (Fsp3) is 0.292. The molecule has 0 aliphatic rings. The molecular formula is C24H26N6O2S2. The minimum atomic E-state index is -0.0918. The summed E-state index contributed by atoms with van der Waals surface area (Å²) in [6.07, 6.45) is 1.64. The van der Waals surface area contributed by atoms with Gasteiger partial charge in [0.1, 0.15) is 11.6 Å². The summed E-state index contributed by atoms with van der Waals surface area (Å²) in [6.45, 7) is 8.41. The number of aryl methyl sites for hydroxylation is 3. The Morgan fingerprint density at radius 3 is 2.56 bits per heavy atom. The van der Waals surface area contributed by atoms with Crippen LogP contribution in [0.5, 0.6) is 0 Å². The first-order chi connectivity index (χ1) is 16.4. The van der Waals surface area contributed by atoms with Crippen molar-refractivity contribution in [3.63, 3.8) is 0 Å². The van der Waals surface area contributed by atoms with E-state index in [1.165, 1.54) is 23.5 Å². The Morgan fingerprint density at radius 2 is 1.82 bits per heavy atom. The van der Waals surface area contributed by atoms with Gasteiger partial charge in [-0.15, -0.1) is 10.2 Å². The number of rotatable bonds is 9. The molecule has 0 atom stereocenters. The van der Waals surface area contributed by atoms with Gasteiger partial charge in [0.05, 0.1) is 24.3 Å². The van der Waals surface area contributed by atoms with Crippen molar-refractivity contribution in [1.82, 2.24) is 24.7 Å². The van der Waals surface area contributed by atoms with E-state index in [9.17, 15) is 4.79 Å². The Bertz CT molecular complexity index is 1270. The van der Waals surface area contributed by atoms with Gasteiger partial charge in [-0.05, 0) is 63.1 Å². The van der Waals surface area contributed by atoms with Crippen LogP contribution in [0.3, 0.4) is 0 Å². The fourth-order valence-electron chi connectivity index (χ4n) is 3.34. The molecule has 1 amide bonds. The van der Waals surface area contributed by atoms with Crippen LogP contribution in [0.15, 0.2) is 57.4 Å². The van der Waals surface area contributed by atoms with E-state index < -0.39 is 0 Å². The molecule has 0 aliphatic carbocycles. The SMILES string of the molecule is Cc1cc(C)nc(SCc2nnc(SCC(=O)Nc3cccc(C)c3C)n2Cc2ccco2)n1. The van der Waals surface area contributed by atoms with E-state index in [4.69, 9.17) is 4.42 Å². The van der Waals surface area contributed by atoms with Gasteiger partial charge >= 0.3 is 0 Å². The van der Waals surface area contributed by atoms with E-state index in [1.807, 2.05) is 68.7 Å². The number of hydrogen-bond acceptors (Lipinski definition) is 8. The molecule has 0 radical (unpaired) electrons. The smallest absolute Gasteiger partial charge is 0.234 e. The van der Waals surface area contributed by atoms with Crippen molar-refractivity contribution in [2.75, 3.05) is 11.1 Å². The minimum absolute atomic E-state index is 0.0918. The van der Waals surface area contributed by atoms with Gasteiger partial charge in [0.2, 0.25) is 5.91 Å². The van der Waals surface area contributed by atoms with Gasteiger partial charge in [0, 0.05) is 17.1 Å². The highest BCUT2D eigenvalue weighted by molar-refractivity contribution is 7.99. The first-order valence-electron chi connectivity index (χ1n) is 10.8. The molecule has 3 aromatic heterocycles. The number of anilines is 1. The third-order valence-corrected chi connectivity index (χ3v) is 7.00. The molecule has 34 heavy (non-hydrogen) atoms. The van der Waals surface area contributed by atoms with Crippen molar-refractivity contribution >= 4 is 35.1 Å². The number of carbonyl (C=O) groups is 1. The van der Waals surface area contributed by atoms with Crippen LogP contribution in [0.25, 0.3) is 0 Å². The Balaban J connectivity index is 1.47. The molecule has 4 aromatic rings. The second kappa shape index (κ2) is 10.9. The van der Waals surface area contributed by atoms with Gasteiger partial charge in [-0.3, -0.25) is 9.36 Å². The molecule has 0 aliphatic heterocycles. The lowest BCUT2D eigenvalue weighted by Crippen LogP contribution is -2.16. The van der Waals surface area contributed by atoms with Crippen LogP contribution < -0.4 is 5.32 Å². The van der Waals surface area contributed by atoms with Gasteiger partial charge in [-0.25, -0.2) is 9.97 Å². The number of carbonyl (C=O) groups excluding carboxylic acids is 1.